The van der Waals surface area contributed by atoms with Crippen LogP contribution < -0.4 is 10.2 Å². The molecular formula is C21H18Br2N2O2. The summed E-state index contributed by atoms with van der Waals surface area (Å²) in [6.45, 7) is 1.90. The molecule has 0 spiro atoms. The number of benzene rings is 3. The van der Waals surface area contributed by atoms with E-state index in [0.717, 1.165) is 25.3 Å². The average Bonchev–Trinajstić information content (AvgIpc) is 2.69. The first-order valence-corrected chi connectivity index (χ1v) is 10.1. The lowest BCUT2D eigenvalue weighted by molar-refractivity contribution is -0.128. The van der Waals surface area contributed by atoms with E-state index in [1.807, 2.05) is 67.6 Å². The van der Waals surface area contributed by atoms with Crippen LogP contribution in [0.25, 0.3) is 10.8 Å². The van der Waals surface area contributed by atoms with E-state index in [2.05, 4.69) is 42.4 Å². The molecule has 0 aliphatic heterocycles. The van der Waals surface area contributed by atoms with Crippen LogP contribution in [0.1, 0.15) is 18.9 Å². The number of hydrogen-bond acceptors (Lipinski definition) is 3. The normalized spacial score (nSPS) is 12.3. The second-order valence-corrected chi connectivity index (χ2v) is 7.61. The fourth-order valence-corrected chi connectivity index (χ4v) is 3.42. The number of nitrogens with zero attached hydrogens (tertiary/aromatic N) is 1. The van der Waals surface area contributed by atoms with E-state index >= 15 is 0 Å². The Labute approximate surface area is 174 Å². The van der Waals surface area contributed by atoms with Gasteiger partial charge in [0.15, 0.2) is 6.10 Å². The Bertz CT molecular complexity index is 972. The maximum atomic E-state index is 12.4. The summed E-state index contributed by atoms with van der Waals surface area (Å²) in [5, 5.41) is 6.17. The summed E-state index contributed by atoms with van der Waals surface area (Å²) in [4.78, 5) is 12.4. The molecule has 0 radical (unpaired) electrons. The van der Waals surface area contributed by atoms with Gasteiger partial charge in [0.2, 0.25) is 0 Å². The van der Waals surface area contributed by atoms with Gasteiger partial charge >= 0.3 is 0 Å². The third-order valence-corrected chi connectivity index (χ3v) is 5.37. The van der Waals surface area contributed by atoms with Crippen molar-refractivity contribution in [3.63, 3.8) is 0 Å². The Morgan fingerprint density at radius 3 is 2.59 bits per heavy atom. The average molecular weight is 490 g/mol. The van der Waals surface area contributed by atoms with Gasteiger partial charge in [-0.1, -0.05) is 65.3 Å². The lowest BCUT2D eigenvalue weighted by Gasteiger charge is -2.17. The number of ether oxygens (including phenoxy) is 1. The number of hydrazone groups is 1. The van der Waals surface area contributed by atoms with E-state index in [0.29, 0.717) is 12.2 Å². The smallest absolute Gasteiger partial charge is 0.281 e. The molecule has 138 valence electrons. The summed E-state index contributed by atoms with van der Waals surface area (Å²) in [5.74, 6) is 0.346. The zero-order valence-corrected chi connectivity index (χ0v) is 17.8. The molecule has 1 atom stereocenters. The molecule has 0 saturated heterocycles. The molecule has 1 unspecified atom stereocenters. The fraction of sp³-hybridized carbons (Fsp3) is 0.143. The lowest BCUT2D eigenvalue weighted by Crippen LogP contribution is -2.35. The topological polar surface area (TPSA) is 50.7 Å². The molecule has 0 aliphatic rings. The second-order valence-electron chi connectivity index (χ2n) is 5.90. The third-order valence-electron chi connectivity index (χ3n) is 4.02. The minimum Gasteiger partial charge on any atom is -0.479 e. The van der Waals surface area contributed by atoms with E-state index in [1.54, 1.807) is 6.21 Å². The van der Waals surface area contributed by atoms with Crippen molar-refractivity contribution in [2.45, 2.75) is 19.4 Å². The van der Waals surface area contributed by atoms with E-state index in [1.165, 1.54) is 0 Å². The molecule has 3 aromatic rings. The molecule has 3 aromatic carbocycles. The highest BCUT2D eigenvalue weighted by Crippen LogP contribution is 2.33. The van der Waals surface area contributed by atoms with Crippen molar-refractivity contribution in [1.82, 2.24) is 5.43 Å². The largest absolute Gasteiger partial charge is 0.479 e. The SMILES string of the molecule is CCC(Oc1ccc2ccccc2c1Br)C(=O)N/N=C/c1ccc(Br)cc1. The molecule has 27 heavy (non-hydrogen) atoms. The fourth-order valence-electron chi connectivity index (χ4n) is 2.57. The van der Waals surface area contributed by atoms with E-state index in [4.69, 9.17) is 4.74 Å². The van der Waals surface area contributed by atoms with Gasteiger partial charge in [0.05, 0.1) is 10.7 Å². The zero-order chi connectivity index (χ0) is 19.2. The van der Waals surface area contributed by atoms with Gasteiger partial charge in [0, 0.05) is 4.47 Å². The number of fused-ring (bicyclic) bond motifs is 1. The molecule has 6 heteroatoms. The highest BCUT2D eigenvalue weighted by Gasteiger charge is 2.19. The van der Waals surface area contributed by atoms with E-state index in [-0.39, 0.29) is 5.91 Å². The molecule has 3 rings (SSSR count). The van der Waals surface area contributed by atoms with Crippen LogP contribution in [0.2, 0.25) is 0 Å². The predicted octanol–water partition coefficient (Wildman–Crippen LogP) is 5.67. The standard InChI is InChI=1S/C21H18Br2N2O2/c1-2-18(21(26)25-24-13-14-7-10-16(22)11-8-14)27-19-12-9-15-5-3-4-6-17(15)20(19)23/h3-13,18H,2H2,1H3,(H,25,26)/b24-13+. The first-order valence-electron chi connectivity index (χ1n) is 8.51. The Morgan fingerprint density at radius 1 is 1.11 bits per heavy atom. The Hall–Kier alpha value is -2.18. The van der Waals surface area contributed by atoms with E-state index < -0.39 is 6.10 Å². The molecule has 1 amide bonds. The van der Waals surface area contributed by atoms with Crippen LogP contribution in [0.3, 0.4) is 0 Å². The molecule has 0 fully saturated rings. The highest BCUT2D eigenvalue weighted by atomic mass is 79.9. The molecule has 0 saturated carbocycles. The number of halogens is 2. The first kappa shape index (κ1) is 19.6. The van der Waals surface area contributed by atoms with Crippen molar-refractivity contribution in [1.29, 1.82) is 0 Å². The van der Waals surface area contributed by atoms with Gasteiger partial charge in [-0.25, -0.2) is 5.43 Å². The minimum absolute atomic E-state index is 0.286. The van der Waals surface area contributed by atoms with Crippen molar-refractivity contribution in [2.24, 2.45) is 5.10 Å². The van der Waals surface area contributed by atoms with Crippen molar-refractivity contribution in [3.8, 4) is 5.75 Å². The minimum atomic E-state index is -0.635. The quantitative estimate of drug-likeness (QED) is 0.358. The van der Waals surface area contributed by atoms with Crippen LogP contribution in [-0.4, -0.2) is 18.2 Å². The molecular weight excluding hydrogens is 472 g/mol. The summed E-state index contributed by atoms with van der Waals surface area (Å²) in [6, 6.07) is 19.5. The van der Waals surface area contributed by atoms with Crippen molar-refractivity contribution >= 4 is 54.8 Å². The Morgan fingerprint density at radius 2 is 1.85 bits per heavy atom. The van der Waals surface area contributed by atoms with Crippen LogP contribution in [0.4, 0.5) is 0 Å². The number of nitrogens with one attached hydrogen (secondary N) is 1. The van der Waals surface area contributed by atoms with Crippen LogP contribution in [-0.2, 0) is 4.79 Å². The third kappa shape index (κ3) is 4.96. The Balaban J connectivity index is 1.68. The van der Waals surface area contributed by atoms with Crippen molar-refractivity contribution < 1.29 is 9.53 Å². The zero-order valence-electron chi connectivity index (χ0n) is 14.7. The number of hydrogen-bond donors (Lipinski definition) is 1. The summed E-state index contributed by atoms with van der Waals surface area (Å²) >= 11 is 6.97. The molecule has 0 bridgehead atoms. The summed E-state index contributed by atoms with van der Waals surface area (Å²) in [5.41, 5.74) is 3.45. The van der Waals surface area contributed by atoms with Crippen LogP contribution in [0, 0.1) is 0 Å². The van der Waals surface area contributed by atoms with Gasteiger partial charge < -0.3 is 4.74 Å². The summed E-state index contributed by atoms with van der Waals surface area (Å²) < 4.78 is 7.77. The van der Waals surface area contributed by atoms with Gasteiger partial charge in [-0.15, -0.1) is 0 Å². The van der Waals surface area contributed by atoms with Crippen LogP contribution in [0.15, 0.2) is 74.7 Å². The van der Waals surface area contributed by atoms with Crippen LogP contribution in [0.5, 0.6) is 5.75 Å². The number of carbonyl (C=O) groups is 1. The van der Waals surface area contributed by atoms with Gasteiger partial charge in [0.25, 0.3) is 5.91 Å². The highest BCUT2D eigenvalue weighted by molar-refractivity contribution is 9.11. The van der Waals surface area contributed by atoms with Crippen LogP contribution >= 0.6 is 31.9 Å². The number of carbonyl (C=O) groups excluding carboxylic acids is 1. The van der Waals surface area contributed by atoms with Gasteiger partial charge in [0.1, 0.15) is 5.75 Å². The molecule has 4 nitrogen and oxygen atoms in total. The summed E-state index contributed by atoms with van der Waals surface area (Å²) in [6.07, 6.45) is 1.49. The van der Waals surface area contributed by atoms with Gasteiger partial charge in [-0.2, -0.15) is 5.10 Å². The van der Waals surface area contributed by atoms with E-state index in [9.17, 15) is 4.79 Å². The number of amides is 1. The first-order chi connectivity index (χ1) is 13.1. The lowest BCUT2D eigenvalue weighted by atomic mass is 10.1. The molecule has 1 N–H and O–H groups in total. The van der Waals surface area contributed by atoms with Gasteiger partial charge in [-0.05, 0) is 56.9 Å². The maximum Gasteiger partial charge on any atom is 0.281 e. The second kappa shape index (κ2) is 9.15. The summed E-state index contributed by atoms with van der Waals surface area (Å²) in [7, 11) is 0. The monoisotopic (exact) mass is 488 g/mol. The van der Waals surface area contributed by atoms with Gasteiger partial charge in [-0.3, -0.25) is 4.79 Å². The molecule has 0 aromatic heterocycles. The number of rotatable bonds is 6. The predicted molar refractivity (Wildman–Crippen MR) is 116 cm³/mol. The maximum absolute atomic E-state index is 12.4. The van der Waals surface area contributed by atoms with Crippen molar-refractivity contribution in [3.05, 3.63) is 75.2 Å². The Kier molecular flexibility index (Phi) is 6.63. The molecule has 0 aliphatic carbocycles. The molecule has 0 heterocycles. The van der Waals surface area contributed by atoms with Crippen molar-refractivity contribution in [2.75, 3.05) is 0 Å².